The number of benzene rings is 19. The lowest BCUT2D eigenvalue weighted by Gasteiger charge is -2.61. The maximum absolute atomic E-state index is 6.24. The van der Waals surface area contributed by atoms with Gasteiger partial charge in [-0.2, -0.15) is 0 Å². The Morgan fingerprint density at radius 2 is 0.462 bits per heavy atom. The molecule has 145 heavy (non-hydrogen) atoms. The van der Waals surface area contributed by atoms with E-state index in [9.17, 15) is 0 Å². The molecule has 15 aliphatic rings. The van der Waals surface area contributed by atoms with Gasteiger partial charge in [-0.25, -0.2) is 0 Å². The van der Waals surface area contributed by atoms with Crippen LogP contribution in [0.5, 0.6) is 0 Å². The van der Waals surface area contributed by atoms with E-state index in [-0.39, 0.29) is 16.2 Å². The molecule has 0 radical (unpaired) electrons. The Balaban J connectivity index is 0.0000000990. The number of anilines is 9. The minimum Gasteiger partial charge on any atom is -0.456 e. The highest BCUT2D eigenvalue weighted by Gasteiger charge is 2.66. The Morgan fingerprint density at radius 3 is 0.876 bits per heavy atom. The van der Waals surface area contributed by atoms with Crippen LogP contribution in [0, 0.1) is 71.0 Å². The maximum atomic E-state index is 6.24. The number of para-hydroxylation sites is 5. The Labute approximate surface area is 848 Å². The van der Waals surface area contributed by atoms with Crippen molar-refractivity contribution in [3.63, 3.8) is 0 Å². The molecular formula is C140H113N3O2. The highest BCUT2D eigenvalue weighted by molar-refractivity contribution is 6.14. The van der Waals surface area contributed by atoms with Crippen LogP contribution in [0.25, 0.3) is 132 Å². The molecule has 0 aliphatic heterocycles. The van der Waals surface area contributed by atoms with Crippen molar-refractivity contribution >= 4 is 117 Å². The zero-order valence-electron chi connectivity index (χ0n) is 81.7. The minimum absolute atomic E-state index is 0.150. The van der Waals surface area contributed by atoms with Crippen LogP contribution < -0.4 is 14.7 Å². The van der Waals surface area contributed by atoms with Crippen molar-refractivity contribution in [1.29, 1.82) is 0 Å². The van der Waals surface area contributed by atoms with Gasteiger partial charge in [-0.05, 0) is 406 Å². The third-order valence-corrected chi connectivity index (χ3v) is 38.3. The summed E-state index contributed by atoms with van der Waals surface area (Å²) in [5.41, 5.74) is 40.8. The second-order valence-electron chi connectivity index (χ2n) is 45.2. The quantitative estimate of drug-likeness (QED) is 0.114. The molecule has 19 aromatic carbocycles. The monoisotopic (exact) mass is 1870 g/mol. The van der Waals surface area contributed by atoms with E-state index in [0.29, 0.717) is 0 Å². The molecule has 36 rings (SSSR count). The lowest BCUT2D eigenvalue weighted by atomic mass is 9.43. The summed E-state index contributed by atoms with van der Waals surface area (Å²) in [6, 6.07) is 160. The van der Waals surface area contributed by atoms with Crippen molar-refractivity contribution in [3.05, 3.63) is 464 Å². The third-order valence-electron chi connectivity index (χ3n) is 38.3. The minimum atomic E-state index is 0.150. The van der Waals surface area contributed by atoms with Gasteiger partial charge in [-0.3, -0.25) is 0 Å². The lowest BCUT2D eigenvalue weighted by Crippen LogP contribution is -2.55. The summed E-state index contributed by atoms with van der Waals surface area (Å²) in [6.45, 7) is 0. The number of fused-ring (bicyclic) bond motifs is 18. The van der Waals surface area contributed by atoms with E-state index in [2.05, 4.69) is 421 Å². The van der Waals surface area contributed by atoms with Gasteiger partial charge in [0.1, 0.15) is 22.3 Å². The first-order chi connectivity index (χ1) is 71.8. The first-order valence-electron chi connectivity index (χ1n) is 54.1. The normalized spacial score (nSPS) is 24.6. The SMILES string of the molecule is c1ccc(N(c2ccc(-c3cc4ccccc4c4ccccc34)cc2)c2cccc3c2-c2ccccc2C32C3CC4CC(C3)CC2C4)cc1.c1ccc(N(c2ccc(-c3ccc4c(c3)oc3ccccc34)cc2)c2cccc3c2-c2ccccc2C32C3CC4CC(C3)CC2C4)cc1.c1ccc(N(c2ccc(-c3ccc4oc5ccccc5c4c3)cc2)c2cccc3c2-c2ccccc2C32C3CC4CC(C3)CC2C4)cc1. The highest BCUT2D eigenvalue weighted by atomic mass is 16.3. The topological polar surface area (TPSA) is 36.0 Å². The van der Waals surface area contributed by atoms with Gasteiger partial charge in [-0.15, -0.1) is 0 Å². The summed E-state index contributed by atoms with van der Waals surface area (Å²) in [7, 11) is 0. The van der Waals surface area contributed by atoms with E-state index >= 15 is 0 Å². The summed E-state index contributed by atoms with van der Waals surface area (Å²) in [5, 5.41) is 9.85. The number of furan rings is 2. The molecular weight excluding hydrogens is 1760 g/mol. The van der Waals surface area contributed by atoms with Gasteiger partial charge in [0, 0.05) is 88.6 Å². The second-order valence-corrected chi connectivity index (χ2v) is 45.2. The van der Waals surface area contributed by atoms with Crippen molar-refractivity contribution in [2.75, 3.05) is 14.7 Å². The average molecular weight is 1870 g/mol. The van der Waals surface area contributed by atoms with Gasteiger partial charge < -0.3 is 23.5 Å². The molecule has 15 aliphatic carbocycles. The molecule has 0 amide bonds. The standard InChI is InChI=1S/C48H39N.2C46H37NO/c1-2-12-37(13-3-1)49(38-23-21-33(22-24-38)43-30-34-11-4-5-14-39(34)40-15-6-7-16-41(40)43)46-20-10-19-45-47(46)42-17-8-9-18-44(42)48(45)35-26-31-25-32(28-35)29-36(48)27-31;1-2-9-35(10-3-1)47(36-20-17-31(18-21-36)32-19-22-38-37-11-5-7-16-43(37)48-44(38)28-32)42-15-8-14-41-45(42)39-12-4-6-13-40(39)46(41)33-24-29-23-30(26-33)27-34(46)25-29;1-2-9-35(10-3-1)47(36-20-17-31(18-21-36)32-19-22-44-39(28-32)37-11-5-7-16-43(37)48-44)42-15-8-14-41-45(42)38-12-4-6-13-40(38)46(41)33-24-29-23-30(26-33)27-34(46)25-29/h1-24,30-32,35-36H,25-29H2;2*1-22,28-30,33-34H,23-27H2. The molecule has 0 saturated heterocycles. The predicted octanol–water partition coefficient (Wildman–Crippen LogP) is 37.7. The van der Waals surface area contributed by atoms with Crippen LogP contribution >= 0.6 is 0 Å². The summed E-state index contributed by atoms with van der Waals surface area (Å²) < 4.78 is 12.4. The molecule has 5 heteroatoms. The Bertz CT molecular complexity index is 8660. The van der Waals surface area contributed by atoms with Gasteiger partial charge in [0.2, 0.25) is 0 Å². The molecule has 21 aromatic rings. The Morgan fingerprint density at radius 1 is 0.172 bits per heavy atom. The van der Waals surface area contributed by atoms with Crippen molar-refractivity contribution in [1.82, 2.24) is 0 Å². The van der Waals surface area contributed by atoms with E-state index in [1.54, 1.807) is 33.4 Å². The van der Waals surface area contributed by atoms with Crippen LogP contribution in [0.2, 0.25) is 0 Å². The first kappa shape index (κ1) is 84.2. The fraction of sp³-hybridized carbons (Fsp3) is 0.214. The fourth-order valence-corrected chi connectivity index (χ4v) is 33.6. The summed E-state index contributed by atoms with van der Waals surface area (Å²) in [4.78, 5) is 7.52. The van der Waals surface area contributed by atoms with Gasteiger partial charge in [0.15, 0.2) is 0 Å². The van der Waals surface area contributed by atoms with Gasteiger partial charge in [0.25, 0.3) is 0 Å². The summed E-state index contributed by atoms with van der Waals surface area (Å²) >= 11 is 0. The zero-order valence-corrected chi connectivity index (χ0v) is 81.7. The van der Waals surface area contributed by atoms with Gasteiger partial charge in [-0.1, -0.05) is 297 Å². The van der Waals surface area contributed by atoms with Crippen LogP contribution in [0.3, 0.4) is 0 Å². The van der Waals surface area contributed by atoms with E-state index < -0.39 is 0 Å². The molecule has 700 valence electrons. The highest BCUT2D eigenvalue weighted by Crippen LogP contribution is 2.75. The van der Waals surface area contributed by atoms with Crippen molar-refractivity contribution in [2.45, 2.75) is 113 Å². The Hall–Kier alpha value is -15.3. The van der Waals surface area contributed by atoms with Crippen LogP contribution in [0.1, 0.15) is 130 Å². The largest absolute Gasteiger partial charge is 0.456 e. The van der Waals surface area contributed by atoms with E-state index in [1.807, 2.05) is 24.3 Å². The number of hydrogen-bond donors (Lipinski definition) is 0. The fourth-order valence-electron chi connectivity index (χ4n) is 33.6. The molecule has 5 nitrogen and oxygen atoms in total. The molecule has 3 spiro atoms. The molecule has 12 bridgehead atoms. The molecule has 12 fully saturated rings. The van der Waals surface area contributed by atoms with Crippen LogP contribution in [0.4, 0.5) is 51.2 Å². The second kappa shape index (κ2) is 32.9. The molecule has 2 aromatic heterocycles. The smallest absolute Gasteiger partial charge is 0.136 e. The molecule has 2 heterocycles. The van der Waals surface area contributed by atoms with Crippen LogP contribution in [-0.2, 0) is 16.2 Å². The van der Waals surface area contributed by atoms with Crippen molar-refractivity contribution in [2.24, 2.45) is 71.0 Å². The third kappa shape index (κ3) is 12.7. The average Bonchev–Trinajstić information content (AvgIpc) is 1.53. The molecule has 0 unspecified atom stereocenters. The summed E-state index contributed by atoms with van der Waals surface area (Å²) in [6.07, 6.45) is 21.2. The van der Waals surface area contributed by atoms with E-state index in [0.717, 1.165) is 115 Å². The zero-order chi connectivity index (χ0) is 94.9. The maximum Gasteiger partial charge on any atom is 0.136 e. The van der Waals surface area contributed by atoms with E-state index in [1.165, 1.54) is 236 Å². The summed E-state index contributed by atoms with van der Waals surface area (Å²) in [5.74, 6) is 10.1. The van der Waals surface area contributed by atoms with Crippen molar-refractivity contribution in [3.8, 4) is 66.8 Å². The van der Waals surface area contributed by atoms with Crippen LogP contribution in [-0.4, -0.2) is 0 Å². The predicted molar refractivity (Wildman–Crippen MR) is 599 cm³/mol. The molecule has 12 saturated carbocycles. The number of rotatable bonds is 12. The molecule has 0 N–H and O–H groups in total. The van der Waals surface area contributed by atoms with Gasteiger partial charge in [0.05, 0.1) is 17.1 Å². The van der Waals surface area contributed by atoms with Crippen molar-refractivity contribution < 1.29 is 8.83 Å². The number of hydrogen-bond acceptors (Lipinski definition) is 5. The van der Waals surface area contributed by atoms with Crippen LogP contribution in [0.15, 0.2) is 440 Å². The lowest BCUT2D eigenvalue weighted by molar-refractivity contribution is -0.0399. The molecule has 0 atom stereocenters. The Kier molecular flexibility index (Phi) is 19.1. The number of nitrogens with zero attached hydrogens (tertiary/aromatic N) is 3. The first-order valence-corrected chi connectivity index (χ1v) is 54.1. The van der Waals surface area contributed by atoms with E-state index in [4.69, 9.17) is 8.83 Å². The van der Waals surface area contributed by atoms with Gasteiger partial charge >= 0.3 is 0 Å².